The fraction of sp³-hybridized carbons (Fsp3) is 0.750. The van der Waals surface area contributed by atoms with Crippen LogP contribution in [0.15, 0.2) is 9.75 Å². The van der Waals surface area contributed by atoms with Crippen molar-refractivity contribution >= 4 is 11.8 Å². The van der Waals surface area contributed by atoms with Crippen molar-refractivity contribution in [1.82, 2.24) is 0 Å². The van der Waals surface area contributed by atoms with E-state index in [2.05, 4.69) is 9.75 Å². The van der Waals surface area contributed by atoms with Crippen molar-refractivity contribution in [2.45, 2.75) is 19.4 Å². The Kier molecular flexibility index (Phi) is 2.43. The zero-order valence-electron chi connectivity index (χ0n) is 4.72. The SMILES string of the molecule is CC(C)(C#N)N=NCl. The maximum absolute atomic E-state index is 8.26. The Morgan fingerprint density at radius 3 is 2.25 bits per heavy atom. The number of nitriles is 1. The van der Waals surface area contributed by atoms with Crippen LogP contribution in [-0.2, 0) is 0 Å². The minimum absolute atomic E-state index is 0.776. The van der Waals surface area contributed by atoms with Crippen molar-refractivity contribution in [1.29, 1.82) is 5.26 Å². The summed E-state index contributed by atoms with van der Waals surface area (Å²) in [7, 11) is 0. The first-order chi connectivity index (χ1) is 3.62. The molecule has 0 unspecified atom stereocenters. The van der Waals surface area contributed by atoms with Gasteiger partial charge in [0.2, 0.25) is 0 Å². The Bertz CT molecular complexity index is 133. The van der Waals surface area contributed by atoms with Gasteiger partial charge in [0.05, 0.1) is 17.8 Å². The molecule has 8 heavy (non-hydrogen) atoms. The van der Waals surface area contributed by atoms with Crippen LogP contribution in [0.4, 0.5) is 0 Å². The van der Waals surface area contributed by atoms with Gasteiger partial charge in [-0.3, -0.25) is 0 Å². The van der Waals surface area contributed by atoms with Crippen LogP contribution in [0.3, 0.4) is 0 Å². The van der Waals surface area contributed by atoms with Crippen molar-refractivity contribution in [3.8, 4) is 6.07 Å². The number of halogens is 1. The first-order valence-electron chi connectivity index (χ1n) is 2.07. The molecular weight excluding hydrogens is 126 g/mol. The molecule has 0 amide bonds. The Hall–Kier alpha value is -0.620. The molecular formula is C4H6ClN3. The molecule has 3 nitrogen and oxygen atoms in total. The summed E-state index contributed by atoms with van der Waals surface area (Å²) in [6.07, 6.45) is 0. The zero-order valence-corrected chi connectivity index (χ0v) is 5.48. The van der Waals surface area contributed by atoms with E-state index in [0.717, 1.165) is 0 Å². The van der Waals surface area contributed by atoms with E-state index < -0.39 is 5.54 Å². The van der Waals surface area contributed by atoms with Gasteiger partial charge in [0, 0.05) is 0 Å². The first-order valence-corrected chi connectivity index (χ1v) is 2.40. The summed E-state index contributed by atoms with van der Waals surface area (Å²) >= 11 is 4.87. The van der Waals surface area contributed by atoms with Crippen molar-refractivity contribution in [2.75, 3.05) is 0 Å². The maximum atomic E-state index is 8.26. The molecule has 0 bridgehead atoms. The van der Waals surface area contributed by atoms with Gasteiger partial charge in [0.15, 0.2) is 5.54 Å². The van der Waals surface area contributed by atoms with E-state index in [4.69, 9.17) is 17.0 Å². The lowest BCUT2D eigenvalue weighted by Gasteiger charge is -2.02. The highest BCUT2D eigenvalue weighted by molar-refractivity contribution is 6.13. The molecule has 0 saturated heterocycles. The average molecular weight is 132 g/mol. The van der Waals surface area contributed by atoms with E-state index in [1.54, 1.807) is 13.8 Å². The fourth-order valence-corrected chi connectivity index (χ4v) is 0.306. The first kappa shape index (κ1) is 7.38. The molecule has 0 aliphatic rings. The Labute approximate surface area is 53.1 Å². The fourth-order valence-electron chi connectivity index (χ4n) is 0.117. The van der Waals surface area contributed by atoms with Gasteiger partial charge in [-0.15, -0.1) is 0 Å². The second-order valence-electron chi connectivity index (χ2n) is 1.85. The third kappa shape index (κ3) is 2.54. The van der Waals surface area contributed by atoms with Gasteiger partial charge in [-0.2, -0.15) is 10.4 Å². The van der Waals surface area contributed by atoms with Gasteiger partial charge in [-0.25, -0.2) is 0 Å². The summed E-state index contributed by atoms with van der Waals surface area (Å²) in [5.74, 6) is 0. The van der Waals surface area contributed by atoms with E-state index in [9.17, 15) is 0 Å². The molecule has 0 rings (SSSR count). The van der Waals surface area contributed by atoms with Crippen LogP contribution in [0.2, 0.25) is 0 Å². The second-order valence-corrected chi connectivity index (χ2v) is 2.00. The number of hydrogen-bond donors (Lipinski definition) is 0. The number of nitrogens with zero attached hydrogens (tertiary/aromatic N) is 3. The molecule has 0 aliphatic carbocycles. The summed E-state index contributed by atoms with van der Waals surface area (Å²) in [6.45, 7) is 3.25. The summed E-state index contributed by atoms with van der Waals surface area (Å²) < 4.78 is 2.95. The standard InChI is InChI=1S/C4H6ClN3/c1-4(2,3-6)7-8-5/h1-2H3. The lowest BCUT2D eigenvalue weighted by Crippen LogP contribution is -2.10. The summed E-state index contributed by atoms with van der Waals surface area (Å²) in [6, 6.07) is 1.90. The molecule has 0 aromatic heterocycles. The second kappa shape index (κ2) is 2.63. The van der Waals surface area contributed by atoms with Crippen molar-refractivity contribution in [2.24, 2.45) is 9.75 Å². The lowest BCUT2D eigenvalue weighted by atomic mass is 10.1. The van der Waals surface area contributed by atoms with Crippen molar-refractivity contribution in [3.63, 3.8) is 0 Å². The molecule has 0 aromatic carbocycles. The number of hydrogen-bond acceptors (Lipinski definition) is 3. The molecule has 0 heterocycles. The molecule has 0 fully saturated rings. The van der Waals surface area contributed by atoms with Gasteiger partial charge in [-0.1, -0.05) is 4.63 Å². The summed E-state index contributed by atoms with van der Waals surface area (Å²) in [5.41, 5.74) is -0.776. The predicted octanol–water partition coefficient (Wildman–Crippen LogP) is 1.89. The third-order valence-electron chi connectivity index (χ3n) is 0.561. The van der Waals surface area contributed by atoms with Crippen LogP contribution < -0.4 is 0 Å². The summed E-state index contributed by atoms with van der Waals surface area (Å²) in [5, 5.41) is 11.7. The minimum Gasteiger partial charge on any atom is -0.196 e. The quantitative estimate of drug-likeness (QED) is 0.502. The highest BCUT2D eigenvalue weighted by Crippen LogP contribution is 2.06. The third-order valence-corrected chi connectivity index (χ3v) is 0.637. The van der Waals surface area contributed by atoms with E-state index in [1.165, 1.54) is 0 Å². The highest BCUT2D eigenvalue weighted by Gasteiger charge is 2.13. The Morgan fingerprint density at radius 2 is 2.12 bits per heavy atom. The zero-order chi connectivity index (χ0) is 6.62. The molecule has 0 aromatic rings. The molecule has 0 radical (unpaired) electrons. The molecule has 4 heteroatoms. The maximum Gasteiger partial charge on any atom is 0.163 e. The molecule has 0 saturated carbocycles. The van der Waals surface area contributed by atoms with Gasteiger partial charge >= 0.3 is 0 Å². The average Bonchev–Trinajstić information content (AvgIpc) is 1.67. The lowest BCUT2D eigenvalue weighted by molar-refractivity contribution is 0.641. The topological polar surface area (TPSA) is 48.5 Å². The summed E-state index contributed by atoms with van der Waals surface area (Å²) in [4.78, 5) is 0. The smallest absolute Gasteiger partial charge is 0.163 e. The van der Waals surface area contributed by atoms with E-state index >= 15 is 0 Å². The van der Waals surface area contributed by atoms with Crippen LogP contribution in [0, 0.1) is 11.3 Å². The van der Waals surface area contributed by atoms with E-state index in [-0.39, 0.29) is 0 Å². The predicted molar refractivity (Wildman–Crippen MR) is 30.4 cm³/mol. The largest absolute Gasteiger partial charge is 0.196 e. The molecule has 0 aliphatic heterocycles. The Morgan fingerprint density at radius 1 is 1.62 bits per heavy atom. The van der Waals surface area contributed by atoms with Crippen LogP contribution in [0.5, 0.6) is 0 Å². The normalized spacial score (nSPS) is 11.8. The van der Waals surface area contributed by atoms with Gasteiger partial charge in [-0.05, 0) is 13.8 Å². The van der Waals surface area contributed by atoms with Crippen LogP contribution in [0.25, 0.3) is 0 Å². The minimum atomic E-state index is -0.776. The highest BCUT2D eigenvalue weighted by atomic mass is 35.5. The van der Waals surface area contributed by atoms with Gasteiger partial charge in [0.1, 0.15) is 0 Å². The molecule has 0 spiro atoms. The van der Waals surface area contributed by atoms with E-state index in [0.29, 0.717) is 0 Å². The molecule has 0 atom stereocenters. The monoisotopic (exact) mass is 131 g/mol. The number of rotatable bonds is 1. The van der Waals surface area contributed by atoms with Crippen LogP contribution >= 0.6 is 11.8 Å². The van der Waals surface area contributed by atoms with Gasteiger partial charge < -0.3 is 0 Å². The molecule has 44 valence electrons. The van der Waals surface area contributed by atoms with Crippen LogP contribution in [0.1, 0.15) is 13.8 Å². The van der Waals surface area contributed by atoms with Crippen molar-refractivity contribution < 1.29 is 0 Å². The van der Waals surface area contributed by atoms with Crippen LogP contribution in [-0.4, -0.2) is 5.54 Å². The van der Waals surface area contributed by atoms with E-state index in [1.807, 2.05) is 6.07 Å². The van der Waals surface area contributed by atoms with Crippen molar-refractivity contribution in [3.05, 3.63) is 0 Å². The molecule has 0 N–H and O–H groups in total. The Balaban J connectivity index is 3.97. The van der Waals surface area contributed by atoms with Gasteiger partial charge in [0.25, 0.3) is 0 Å².